The molecule has 0 aliphatic rings. The van der Waals surface area contributed by atoms with Crippen LogP contribution < -0.4 is 10.5 Å². The van der Waals surface area contributed by atoms with Gasteiger partial charge in [0.2, 0.25) is 5.95 Å². The average Bonchev–Trinajstić information content (AvgIpc) is 2.54. The monoisotopic (exact) mass is 245 g/mol. The van der Waals surface area contributed by atoms with E-state index in [9.17, 15) is 0 Å². The molecule has 1 aromatic heterocycles. The summed E-state index contributed by atoms with van der Waals surface area (Å²) in [6.45, 7) is 6.10. The molecule has 96 valence electrons. The van der Waals surface area contributed by atoms with E-state index in [0.29, 0.717) is 5.95 Å². The van der Waals surface area contributed by atoms with Crippen molar-refractivity contribution in [1.29, 1.82) is 0 Å². The number of anilines is 1. The van der Waals surface area contributed by atoms with Gasteiger partial charge in [-0.05, 0) is 38.0 Å². The summed E-state index contributed by atoms with van der Waals surface area (Å²) in [6, 6.07) is 4.17. The zero-order chi connectivity index (χ0) is 13.4. The van der Waals surface area contributed by atoms with Gasteiger partial charge in [-0.2, -0.15) is 0 Å². The first kappa shape index (κ1) is 12.5. The molecule has 18 heavy (non-hydrogen) atoms. The topological polar surface area (TPSA) is 53.1 Å². The molecule has 0 spiro atoms. The van der Waals surface area contributed by atoms with Crippen molar-refractivity contribution >= 4 is 5.95 Å². The number of imidazole rings is 1. The van der Waals surface area contributed by atoms with E-state index in [1.165, 1.54) is 5.56 Å². The van der Waals surface area contributed by atoms with Gasteiger partial charge in [-0.1, -0.05) is 6.07 Å². The number of hydrogen-bond acceptors (Lipinski definition) is 3. The van der Waals surface area contributed by atoms with Gasteiger partial charge in [-0.15, -0.1) is 0 Å². The van der Waals surface area contributed by atoms with Crippen LogP contribution >= 0.6 is 0 Å². The molecule has 2 N–H and O–H groups in total. The molecule has 1 aromatic carbocycles. The highest BCUT2D eigenvalue weighted by Gasteiger charge is 2.18. The summed E-state index contributed by atoms with van der Waals surface area (Å²) in [5.41, 5.74) is 11.2. The molecule has 4 nitrogen and oxygen atoms in total. The van der Waals surface area contributed by atoms with Crippen LogP contribution in [-0.4, -0.2) is 16.7 Å². The summed E-state index contributed by atoms with van der Waals surface area (Å²) in [4.78, 5) is 4.31. The van der Waals surface area contributed by atoms with Crippen molar-refractivity contribution in [3.63, 3.8) is 0 Å². The highest BCUT2D eigenvalue weighted by Crippen LogP contribution is 2.36. The smallest absolute Gasteiger partial charge is 0.200 e. The number of benzene rings is 1. The van der Waals surface area contributed by atoms with Gasteiger partial charge in [0.15, 0.2) is 0 Å². The van der Waals surface area contributed by atoms with Crippen LogP contribution in [-0.2, 0) is 7.05 Å². The van der Waals surface area contributed by atoms with Crippen LogP contribution in [0.5, 0.6) is 5.75 Å². The lowest BCUT2D eigenvalue weighted by molar-refractivity contribution is 0.415. The molecule has 2 aromatic rings. The number of aromatic nitrogens is 2. The molecule has 0 aliphatic carbocycles. The number of nitrogen functional groups attached to an aromatic ring is 1. The first-order chi connectivity index (χ1) is 8.45. The van der Waals surface area contributed by atoms with Gasteiger partial charge in [-0.25, -0.2) is 4.98 Å². The van der Waals surface area contributed by atoms with Crippen molar-refractivity contribution in [3.8, 4) is 17.0 Å². The fourth-order valence-electron chi connectivity index (χ4n) is 2.40. The molecule has 0 bridgehead atoms. The molecule has 2 rings (SSSR count). The fraction of sp³-hybridized carbons (Fsp3) is 0.357. The number of nitrogens with zero attached hydrogens (tertiary/aromatic N) is 2. The van der Waals surface area contributed by atoms with Gasteiger partial charge in [-0.3, -0.25) is 0 Å². The second-order valence-corrected chi connectivity index (χ2v) is 4.62. The zero-order valence-electron chi connectivity index (χ0n) is 11.5. The van der Waals surface area contributed by atoms with Crippen molar-refractivity contribution in [2.75, 3.05) is 12.8 Å². The Bertz CT molecular complexity index is 600. The third kappa shape index (κ3) is 1.83. The predicted octanol–water partition coefficient (Wildman–Crippen LogP) is 2.60. The maximum atomic E-state index is 5.86. The van der Waals surface area contributed by atoms with E-state index in [0.717, 1.165) is 28.3 Å². The Labute approximate surface area is 107 Å². The fourth-order valence-corrected chi connectivity index (χ4v) is 2.40. The average molecular weight is 245 g/mol. The lowest BCUT2D eigenvalue weighted by Crippen LogP contribution is -2.01. The summed E-state index contributed by atoms with van der Waals surface area (Å²) in [5, 5.41) is 0. The number of aryl methyl sites for hydroxylation is 3. The molecule has 0 amide bonds. The van der Waals surface area contributed by atoms with Crippen molar-refractivity contribution < 1.29 is 4.74 Å². The zero-order valence-corrected chi connectivity index (χ0v) is 11.5. The van der Waals surface area contributed by atoms with E-state index < -0.39 is 0 Å². The Morgan fingerprint density at radius 1 is 1.22 bits per heavy atom. The first-order valence-electron chi connectivity index (χ1n) is 5.90. The summed E-state index contributed by atoms with van der Waals surface area (Å²) in [6.07, 6.45) is 0. The third-order valence-electron chi connectivity index (χ3n) is 3.20. The number of hydrogen-bond donors (Lipinski definition) is 1. The van der Waals surface area contributed by atoms with Crippen molar-refractivity contribution in [2.24, 2.45) is 7.05 Å². The minimum absolute atomic E-state index is 0.518. The SMILES string of the molecule is COc1cc(C)cc(C)c1-c1c(C)nc(N)n1C. The van der Waals surface area contributed by atoms with Gasteiger partial charge < -0.3 is 15.0 Å². The number of ether oxygens (including phenoxy) is 1. The van der Waals surface area contributed by atoms with Gasteiger partial charge in [0, 0.05) is 12.6 Å². The molecular weight excluding hydrogens is 226 g/mol. The Kier molecular flexibility index (Phi) is 3.03. The van der Waals surface area contributed by atoms with Crippen molar-refractivity contribution in [3.05, 3.63) is 29.0 Å². The molecule has 0 saturated heterocycles. The molecular formula is C14H19N3O. The standard InChI is InChI=1S/C14H19N3O/c1-8-6-9(2)12(11(7-8)18-5)13-10(3)16-14(15)17(13)4/h6-7H,1-5H3,(H2,15,16). The van der Waals surface area contributed by atoms with Crippen LogP contribution in [0.25, 0.3) is 11.3 Å². The van der Waals surface area contributed by atoms with E-state index >= 15 is 0 Å². The second-order valence-electron chi connectivity index (χ2n) is 4.62. The molecule has 0 atom stereocenters. The largest absolute Gasteiger partial charge is 0.496 e. The van der Waals surface area contributed by atoms with Crippen LogP contribution in [0.15, 0.2) is 12.1 Å². The number of nitrogens with two attached hydrogens (primary N) is 1. The van der Waals surface area contributed by atoms with E-state index in [2.05, 4.69) is 24.9 Å². The molecule has 1 heterocycles. The summed E-state index contributed by atoms with van der Waals surface area (Å²) >= 11 is 0. The van der Waals surface area contributed by atoms with Crippen LogP contribution in [0.4, 0.5) is 5.95 Å². The minimum Gasteiger partial charge on any atom is -0.496 e. The number of rotatable bonds is 2. The molecule has 0 unspecified atom stereocenters. The maximum Gasteiger partial charge on any atom is 0.200 e. The van der Waals surface area contributed by atoms with Crippen LogP contribution in [0.2, 0.25) is 0 Å². The number of methoxy groups -OCH3 is 1. The summed E-state index contributed by atoms with van der Waals surface area (Å²) in [5.74, 6) is 1.38. The third-order valence-corrected chi connectivity index (χ3v) is 3.20. The Morgan fingerprint density at radius 2 is 1.89 bits per heavy atom. The van der Waals surface area contributed by atoms with Crippen LogP contribution in [0.3, 0.4) is 0 Å². The predicted molar refractivity (Wildman–Crippen MR) is 73.8 cm³/mol. The van der Waals surface area contributed by atoms with Gasteiger partial charge in [0.1, 0.15) is 5.75 Å². The normalized spacial score (nSPS) is 10.7. The maximum absolute atomic E-state index is 5.86. The van der Waals surface area contributed by atoms with Gasteiger partial charge in [0.25, 0.3) is 0 Å². The van der Waals surface area contributed by atoms with Crippen molar-refractivity contribution in [1.82, 2.24) is 9.55 Å². The molecule has 0 aliphatic heterocycles. The lowest BCUT2D eigenvalue weighted by atomic mass is 10.0. The van der Waals surface area contributed by atoms with Crippen LogP contribution in [0, 0.1) is 20.8 Å². The van der Waals surface area contributed by atoms with Gasteiger partial charge in [0.05, 0.1) is 18.5 Å². The van der Waals surface area contributed by atoms with Gasteiger partial charge >= 0.3 is 0 Å². The van der Waals surface area contributed by atoms with E-state index in [4.69, 9.17) is 10.5 Å². The second kappa shape index (κ2) is 4.37. The van der Waals surface area contributed by atoms with E-state index in [-0.39, 0.29) is 0 Å². The first-order valence-corrected chi connectivity index (χ1v) is 5.90. The minimum atomic E-state index is 0.518. The molecule has 0 radical (unpaired) electrons. The van der Waals surface area contributed by atoms with E-state index in [1.54, 1.807) is 7.11 Å². The summed E-state index contributed by atoms with van der Waals surface area (Å²) < 4.78 is 7.40. The highest BCUT2D eigenvalue weighted by atomic mass is 16.5. The van der Waals surface area contributed by atoms with E-state index in [1.807, 2.05) is 24.6 Å². The van der Waals surface area contributed by atoms with Crippen LogP contribution in [0.1, 0.15) is 16.8 Å². The Balaban J connectivity index is 2.78. The highest BCUT2D eigenvalue weighted by molar-refractivity contribution is 5.75. The summed E-state index contributed by atoms with van der Waals surface area (Å²) in [7, 11) is 3.61. The quantitative estimate of drug-likeness (QED) is 0.884. The molecule has 4 heteroatoms. The lowest BCUT2D eigenvalue weighted by Gasteiger charge is -2.14. The Hall–Kier alpha value is -1.97. The molecule has 0 saturated carbocycles. The Morgan fingerprint density at radius 3 is 2.39 bits per heavy atom. The van der Waals surface area contributed by atoms with Crippen molar-refractivity contribution in [2.45, 2.75) is 20.8 Å². The molecule has 0 fully saturated rings.